The molecule has 1 aromatic rings. The van der Waals surface area contributed by atoms with Crippen LogP contribution in [0.4, 0.5) is 0 Å². The van der Waals surface area contributed by atoms with Crippen LogP contribution in [0.5, 0.6) is 5.75 Å². The lowest BCUT2D eigenvalue weighted by molar-refractivity contribution is 0.0676. The van der Waals surface area contributed by atoms with Crippen LogP contribution in [0.3, 0.4) is 0 Å². The Balaban J connectivity index is 2.27. The van der Waals surface area contributed by atoms with E-state index in [1.165, 1.54) is 6.07 Å². The van der Waals surface area contributed by atoms with Crippen molar-refractivity contribution in [2.45, 2.75) is 25.3 Å². The van der Waals surface area contributed by atoms with E-state index in [0.29, 0.717) is 22.1 Å². The molecule has 0 aliphatic carbocycles. The molecule has 2 rings (SSSR count). The van der Waals surface area contributed by atoms with Gasteiger partial charge in [0.15, 0.2) is 5.84 Å². The first-order chi connectivity index (χ1) is 9.54. The number of phenolic OH excluding ortho intramolecular Hbond substituents is 1. The Hall–Kier alpha value is -1.51. The van der Waals surface area contributed by atoms with E-state index < -0.39 is 0 Å². The Labute approximate surface area is 130 Å². The average molecular weight is 389 g/mol. The van der Waals surface area contributed by atoms with Crippen LogP contribution < -0.4 is 5.73 Å². The zero-order valence-electron chi connectivity index (χ0n) is 10.8. The van der Waals surface area contributed by atoms with Gasteiger partial charge in [-0.1, -0.05) is 5.16 Å². The SMILES string of the molecule is N/C(=N/O)C1CCCCN1C(=O)c1ccc(I)c(O)c1. The van der Waals surface area contributed by atoms with Crippen molar-refractivity contribution in [3.8, 4) is 5.75 Å². The summed E-state index contributed by atoms with van der Waals surface area (Å²) in [5.41, 5.74) is 6.07. The summed E-state index contributed by atoms with van der Waals surface area (Å²) in [4.78, 5) is 14.1. The lowest BCUT2D eigenvalue weighted by Crippen LogP contribution is -2.50. The summed E-state index contributed by atoms with van der Waals surface area (Å²) in [5, 5.41) is 21.5. The number of carbonyl (C=O) groups is 1. The number of piperidine rings is 1. The van der Waals surface area contributed by atoms with Gasteiger partial charge in [0.05, 0.1) is 9.61 Å². The van der Waals surface area contributed by atoms with Crippen molar-refractivity contribution in [2.75, 3.05) is 6.54 Å². The first-order valence-electron chi connectivity index (χ1n) is 6.31. The van der Waals surface area contributed by atoms with Gasteiger partial charge in [0.25, 0.3) is 5.91 Å². The number of amides is 1. The molecular weight excluding hydrogens is 373 g/mol. The van der Waals surface area contributed by atoms with Crippen molar-refractivity contribution >= 4 is 34.3 Å². The molecule has 1 fully saturated rings. The molecule has 7 heteroatoms. The Morgan fingerprint density at radius 3 is 2.85 bits per heavy atom. The molecule has 1 amide bonds. The second-order valence-corrected chi connectivity index (χ2v) is 5.86. The van der Waals surface area contributed by atoms with E-state index in [2.05, 4.69) is 5.16 Å². The number of amidine groups is 1. The number of hydrogen-bond acceptors (Lipinski definition) is 4. The fraction of sp³-hybridized carbons (Fsp3) is 0.385. The smallest absolute Gasteiger partial charge is 0.254 e. The topological polar surface area (TPSA) is 99.2 Å². The van der Waals surface area contributed by atoms with Gasteiger partial charge >= 0.3 is 0 Å². The van der Waals surface area contributed by atoms with Gasteiger partial charge in [-0.05, 0) is 60.1 Å². The maximum Gasteiger partial charge on any atom is 0.254 e. The number of halogens is 1. The minimum absolute atomic E-state index is 0.0489. The third kappa shape index (κ3) is 2.97. The largest absolute Gasteiger partial charge is 0.507 e. The number of nitrogens with two attached hydrogens (primary N) is 1. The zero-order valence-corrected chi connectivity index (χ0v) is 12.9. The van der Waals surface area contributed by atoms with E-state index in [1.54, 1.807) is 17.0 Å². The quantitative estimate of drug-likeness (QED) is 0.236. The van der Waals surface area contributed by atoms with E-state index in [1.807, 2.05) is 22.6 Å². The normalized spacial score (nSPS) is 19.9. The van der Waals surface area contributed by atoms with E-state index >= 15 is 0 Å². The summed E-state index contributed by atoms with van der Waals surface area (Å²) in [5.74, 6) is -0.0883. The average Bonchev–Trinajstić information content (AvgIpc) is 2.48. The number of phenols is 1. The minimum Gasteiger partial charge on any atom is -0.507 e. The predicted molar refractivity (Wildman–Crippen MR) is 82.9 cm³/mol. The predicted octanol–water partition coefficient (Wildman–Crippen LogP) is 1.74. The van der Waals surface area contributed by atoms with Gasteiger partial charge in [0, 0.05) is 12.1 Å². The highest BCUT2D eigenvalue weighted by Gasteiger charge is 2.30. The molecule has 1 heterocycles. The molecule has 1 unspecified atom stereocenters. The summed E-state index contributed by atoms with van der Waals surface area (Å²) in [6.45, 7) is 0.562. The van der Waals surface area contributed by atoms with Crippen molar-refractivity contribution < 1.29 is 15.1 Å². The summed E-state index contributed by atoms with van der Waals surface area (Å²) in [6, 6.07) is 4.41. The molecule has 1 atom stereocenters. The Bertz CT molecular complexity index is 548. The summed E-state index contributed by atoms with van der Waals surface area (Å²) >= 11 is 1.99. The minimum atomic E-state index is -0.386. The number of likely N-dealkylation sites (tertiary alicyclic amines) is 1. The first-order valence-corrected chi connectivity index (χ1v) is 7.39. The zero-order chi connectivity index (χ0) is 14.7. The fourth-order valence-corrected chi connectivity index (χ4v) is 2.70. The van der Waals surface area contributed by atoms with Crippen LogP contribution in [-0.4, -0.2) is 39.5 Å². The van der Waals surface area contributed by atoms with Crippen LogP contribution >= 0.6 is 22.6 Å². The van der Waals surface area contributed by atoms with Gasteiger partial charge in [-0.2, -0.15) is 0 Å². The molecule has 0 radical (unpaired) electrons. The lowest BCUT2D eigenvalue weighted by atomic mass is 10.00. The standard InChI is InChI=1S/C13H16IN3O3/c14-9-5-4-8(7-11(9)18)13(19)17-6-2-1-3-10(17)12(15)16-20/h4-5,7,10,18,20H,1-3,6H2,(H2,15,16). The third-order valence-electron chi connectivity index (χ3n) is 3.41. The highest BCUT2D eigenvalue weighted by Crippen LogP contribution is 2.24. The molecule has 1 saturated heterocycles. The van der Waals surface area contributed by atoms with Crippen LogP contribution in [0.1, 0.15) is 29.6 Å². The molecule has 1 aromatic carbocycles. The highest BCUT2D eigenvalue weighted by atomic mass is 127. The second kappa shape index (κ2) is 6.29. The molecule has 0 aromatic heterocycles. The van der Waals surface area contributed by atoms with Gasteiger partial charge < -0.3 is 20.9 Å². The van der Waals surface area contributed by atoms with Gasteiger partial charge in [0.1, 0.15) is 5.75 Å². The van der Waals surface area contributed by atoms with E-state index in [-0.39, 0.29) is 23.5 Å². The van der Waals surface area contributed by atoms with E-state index in [0.717, 1.165) is 12.8 Å². The van der Waals surface area contributed by atoms with Crippen molar-refractivity contribution in [1.82, 2.24) is 4.90 Å². The van der Waals surface area contributed by atoms with Crippen molar-refractivity contribution in [3.05, 3.63) is 27.3 Å². The summed E-state index contributed by atoms with van der Waals surface area (Å²) in [6.07, 6.45) is 2.50. The number of carbonyl (C=O) groups excluding carboxylic acids is 1. The number of aromatic hydroxyl groups is 1. The number of rotatable bonds is 2. The molecular formula is C13H16IN3O3. The molecule has 20 heavy (non-hydrogen) atoms. The third-order valence-corrected chi connectivity index (χ3v) is 4.33. The molecule has 0 bridgehead atoms. The van der Waals surface area contributed by atoms with E-state index in [4.69, 9.17) is 10.9 Å². The van der Waals surface area contributed by atoms with Crippen molar-refractivity contribution in [1.29, 1.82) is 0 Å². The molecule has 6 nitrogen and oxygen atoms in total. The van der Waals surface area contributed by atoms with Crippen LogP contribution in [0, 0.1) is 3.57 Å². The monoisotopic (exact) mass is 389 g/mol. The molecule has 108 valence electrons. The Kier molecular flexibility index (Phi) is 4.69. The van der Waals surface area contributed by atoms with Crippen LogP contribution in [0.15, 0.2) is 23.4 Å². The maximum atomic E-state index is 12.5. The first kappa shape index (κ1) is 14.9. The fourth-order valence-electron chi connectivity index (χ4n) is 2.36. The lowest BCUT2D eigenvalue weighted by Gasteiger charge is -2.34. The van der Waals surface area contributed by atoms with Gasteiger partial charge in [-0.15, -0.1) is 0 Å². The molecule has 1 aliphatic heterocycles. The number of benzene rings is 1. The van der Waals surface area contributed by atoms with Gasteiger partial charge in [-0.25, -0.2) is 0 Å². The van der Waals surface area contributed by atoms with Crippen LogP contribution in [0.2, 0.25) is 0 Å². The molecule has 0 saturated carbocycles. The van der Waals surface area contributed by atoms with Crippen LogP contribution in [0.25, 0.3) is 0 Å². The van der Waals surface area contributed by atoms with Crippen molar-refractivity contribution in [2.24, 2.45) is 10.9 Å². The number of oxime groups is 1. The number of nitrogens with zero attached hydrogens (tertiary/aromatic N) is 2. The molecule has 0 spiro atoms. The van der Waals surface area contributed by atoms with Crippen molar-refractivity contribution in [3.63, 3.8) is 0 Å². The Morgan fingerprint density at radius 1 is 1.45 bits per heavy atom. The number of hydrogen-bond donors (Lipinski definition) is 3. The molecule has 1 aliphatic rings. The summed E-state index contributed by atoms with van der Waals surface area (Å²) in [7, 11) is 0. The second-order valence-electron chi connectivity index (χ2n) is 4.70. The summed E-state index contributed by atoms with van der Waals surface area (Å²) < 4.78 is 0.686. The van der Waals surface area contributed by atoms with Crippen LogP contribution in [-0.2, 0) is 0 Å². The maximum absolute atomic E-state index is 12.5. The Morgan fingerprint density at radius 2 is 2.20 bits per heavy atom. The van der Waals surface area contributed by atoms with E-state index in [9.17, 15) is 9.90 Å². The van der Waals surface area contributed by atoms with Gasteiger partial charge in [0.2, 0.25) is 0 Å². The highest BCUT2D eigenvalue weighted by molar-refractivity contribution is 14.1. The van der Waals surface area contributed by atoms with Gasteiger partial charge in [-0.3, -0.25) is 4.79 Å². The molecule has 4 N–H and O–H groups in total.